The average molecular weight is 291 g/mol. The lowest BCUT2D eigenvalue weighted by molar-refractivity contribution is -0.138. The summed E-state index contributed by atoms with van der Waals surface area (Å²) in [5.74, 6) is -0.739. The van der Waals surface area contributed by atoms with Crippen molar-refractivity contribution in [1.82, 2.24) is 4.90 Å². The highest BCUT2D eigenvalue weighted by Gasteiger charge is 2.25. The molecule has 1 unspecified atom stereocenters. The number of benzene rings is 1. The van der Waals surface area contributed by atoms with Crippen LogP contribution in [0.5, 0.6) is 0 Å². The molecule has 116 valence electrons. The lowest BCUT2D eigenvalue weighted by Crippen LogP contribution is -2.32. The highest BCUT2D eigenvalue weighted by molar-refractivity contribution is 5.68. The van der Waals surface area contributed by atoms with E-state index >= 15 is 0 Å². The van der Waals surface area contributed by atoms with Gasteiger partial charge in [0.1, 0.15) is 0 Å². The molecule has 0 aromatic heterocycles. The fourth-order valence-electron chi connectivity index (χ4n) is 3.15. The summed E-state index contributed by atoms with van der Waals surface area (Å²) in [4.78, 5) is 13.7. The van der Waals surface area contributed by atoms with Crippen molar-refractivity contribution in [2.24, 2.45) is 0 Å². The van der Waals surface area contributed by atoms with E-state index in [9.17, 15) is 9.90 Å². The van der Waals surface area contributed by atoms with Crippen LogP contribution in [0, 0.1) is 0 Å². The highest BCUT2D eigenvalue weighted by Crippen LogP contribution is 2.30. The molecule has 2 rings (SSSR count). The zero-order valence-corrected chi connectivity index (χ0v) is 12.8. The van der Waals surface area contributed by atoms with Gasteiger partial charge in [-0.15, -0.1) is 0 Å². The van der Waals surface area contributed by atoms with E-state index in [1.807, 2.05) is 24.3 Å². The van der Waals surface area contributed by atoms with Gasteiger partial charge in [-0.3, -0.25) is 9.69 Å². The summed E-state index contributed by atoms with van der Waals surface area (Å²) in [6.45, 7) is 2.50. The standard InChI is InChI=1S/C17H25NO3/c1-21-13-14-8-4-5-9-15(14)16(12-17(19)20)18-10-6-2-3-7-11-18/h4-5,8-9,16H,2-3,6-7,10-13H2,1H3,(H,19,20). The van der Waals surface area contributed by atoms with Crippen LogP contribution in [0.15, 0.2) is 24.3 Å². The average Bonchev–Trinajstić information content (AvgIpc) is 2.75. The monoisotopic (exact) mass is 291 g/mol. The van der Waals surface area contributed by atoms with Crippen molar-refractivity contribution >= 4 is 5.97 Å². The number of hydrogen-bond donors (Lipinski definition) is 1. The summed E-state index contributed by atoms with van der Waals surface area (Å²) in [5.41, 5.74) is 2.19. The SMILES string of the molecule is COCc1ccccc1C(CC(=O)O)N1CCCCCC1. The molecule has 4 heteroatoms. The molecule has 0 amide bonds. The van der Waals surface area contributed by atoms with Gasteiger partial charge in [-0.25, -0.2) is 0 Å². The van der Waals surface area contributed by atoms with E-state index in [1.165, 1.54) is 12.8 Å². The molecule has 0 saturated carbocycles. The minimum absolute atomic E-state index is 0.0491. The van der Waals surface area contributed by atoms with Crippen molar-refractivity contribution < 1.29 is 14.6 Å². The number of rotatable bonds is 6. The van der Waals surface area contributed by atoms with Gasteiger partial charge in [0, 0.05) is 13.2 Å². The van der Waals surface area contributed by atoms with E-state index in [0.29, 0.717) is 6.61 Å². The van der Waals surface area contributed by atoms with Crippen LogP contribution in [0.3, 0.4) is 0 Å². The van der Waals surface area contributed by atoms with Crippen LogP contribution in [-0.4, -0.2) is 36.2 Å². The molecule has 1 fully saturated rings. The molecule has 21 heavy (non-hydrogen) atoms. The van der Waals surface area contributed by atoms with Crippen LogP contribution in [0.1, 0.15) is 49.3 Å². The van der Waals surface area contributed by atoms with Crippen molar-refractivity contribution in [3.05, 3.63) is 35.4 Å². The van der Waals surface area contributed by atoms with Gasteiger partial charge in [0.2, 0.25) is 0 Å². The summed E-state index contributed by atoms with van der Waals surface area (Å²) in [6.07, 6.45) is 4.96. The number of methoxy groups -OCH3 is 1. The van der Waals surface area contributed by atoms with Crippen LogP contribution in [0.4, 0.5) is 0 Å². The topological polar surface area (TPSA) is 49.8 Å². The van der Waals surface area contributed by atoms with Crippen LogP contribution in [0.25, 0.3) is 0 Å². The third-order valence-corrected chi connectivity index (χ3v) is 4.16. The Morgan fingerprint density at radius 2 is 1.90 bits per heavy atom. The number of nitrogens with zero attached hydrogens (tertiary/aromatic N) is 1. The Kier molecular flexibility index (Phi) is 6.21. The largest absolute Gasteiger partial charge is 0.481 e. The first kappa shape index (κ1) is 16.0. The van der Waals surface area contributed by atoms with Gasteiger partial charge in [-0.1, -0.05) is 37.1 Å². The molecule has 1 aromatic carbocycles. The lowest BCUT2D eigenvalue weighted by Gasteiger charge is -2.31. The number of carboxylic acids is 1. The number of carboxylic acid groups (broad SMARTS) is 1. The highest BCUT2D eigenvalue weighted by atomic mass is 16.5. The molecule has 1 atom stereocenters. The van der Waals surface area contributed by atoms with Crippen LogP contribution in [-0.2, 0) is 16.1 Å². The van der Waals surface area contributed by atoms with Crippen molar-refractivity contribution in [2.75, 3.05) is 20.2 Å². The second-order valence-electron chi connectivity index (χ2n) is 5.70. The van der Waals surface area contributed by atoms with Gasteiger partial charge >= 0.3 is 5.97 Å². The second kappa shape index (κ2) is 8.15. The molecule has 1 heterocycles. The fraction of sp³-hybridized carbons (Fsp3) is 0.588. The van der Waals surface area contributed by atoms with Gasteiger partial charge in [-0.2, -0.15) is 0 Å². The van der Waals surface area contributed by atoms with E-state index in [-0.39, 0.29) is 12.5 Å². The van der Waals surface area contributed by atoms with Gasteiger partial charge in [0.05, 0.1) is 13.0 Å². The van der Waals surface area contributed by atoms with Crippen molar-refractivity contribution in [3.8, 4) is 0 Å². The zero-order chi connectivity index (χ0) is 15.1. The molecule has 1 aliphatic rings. The van der Waals surface area contributed by atoms with Gasteiger partial charge in [-0.05, 0) is 37.1 Å². The second-order valence-corrected chi connectivity index (χ2v) is 5.70. The maximum absolute atomic E-state index is 11.3. The number of likely N-dealkylation sites (tertiary alicyclic amines) is 1. The molecule has 0 aliphatic carbocycles. The normalized spacial score (nSPS) is 18.1. The van der Waals surface area contributed by atoms with Crippen molar-refractivity contribution in [1.29, 1.82) is 0 Å². The molecule has 1 N–H and O–H groups in total. The Morgan fingerprint density at radius 1 is 1.24 bits per heavy atom. The Morgan fingerprint density at radius 3 is 2.52 bits per heavy atom. The predicted molar refractivity (Wildman–Crippen MR) is 82.2 cm³/mol. The van der Waals surface area contributed by atoms with E-state index in [4.69, 9.17) is 4.74 Å². The lowest BCUT2D eigenvalue weighted by atomic mass is 9.96. The molecular formula is C17H25NO3. The number of ether oxygens (including phenoxy) is 1. The first-order chi connectivity index (χ1) is 10.2. The van der Waals surface area contributed by atoms with E-state index in [2.05, 4.69) is 4.90 Å². The molecular weight excluding hydrogens is 266 g/mol. The minimum Gasteiger partial charge on any atom is -0.481 e. The Labute approximate surface area is 126 Å². The zero-order valence-electron chi connectivity index (χ0n) is 12.8. The van der Waals surface area contributed by atoms with Gasteiger partial charge < -0.3 is 9.84 Å². The maximum Gasteiger partial charge on any atom is 0.305 e. The first-order valence-electron chi connectivity index (χ1n) is 7.75. The van der Waals surface area contributed by atoms with Crippen molar-refractivity contribution in [3.63, 3.8) is 0 Å². The smallest absolute Gasteiger partial charge is 0.305 e. The summed E-state index contributed by atoms with van der Waals surface area (Å²) in [5, 5.41) is 9.31. The molecule has 1 saturated heterocycles. The Balaban J connectivity index is 2.28. The number of aliphatic carboxylic acids is 1. The first-order valence-corrected chi connectivity index (χ1v) is 7.75. The van der Waals surface area contributed by atoms with Gasteiger partial charge in [0.15, 0.2) is 0 Å². The van der Waals surface area contributed by atoms with E-state index in [1.54, 1.807) is 7.11 Å². The number of hydrogen-bond acceptors (Lipinski definition) is 3. The summed E-state index contributed by atoms with van der Waals surface area (Å²) in [6, 6.07) is 8.00. The van der Waals surface area contributed by atoms with E-state index in [0.717, 1.165) is 37.1 Å². The molecule has 0 radical (unpaired) electrons. The predicted octanol–water partition coefficient (Wildman–Crippen LogP) is 3.22. The molecule has 4 nitrogen and oxygen atoms in total. The number of carbonyl (C=O) groups is 1. The van der Waals surface area contributed by atoms with Crippen LogP contribution >= 0.6 is 0 Å². The van der Waals surface area contributed by atoms with Gasteiger partial charge in [0.25, 0.3) is 0 Å². The Hall–Kier alpha value is -1.39. The minimum atomic E-state index is -0.739. The summed E-state index contributed by atoms with van der Waals surface area (Å²) in [7, 11) is 1.68. The molecule has 0 spiro atoms. The van der Waals surface area contributed by atoms with Crippen LogP contribution in [0.2, 0.25) is 0 Å². The van der Waals surface area contributed by atoms with Crippen molar-refractivity contribution in [2.45, 2.75) is 44.8 Å². The molecule has 1 aliphatic heterocycles. The third kappa shape index (κ3) is 4.55. The third-order valence-electron chi connectivity index (χ3n) is 4.16. The summed E-state index contributed by atoms with van der Waals surface area (Å²) >= 11 is 0. The quantitative estimate of drug-likeness (QED) is 0.874. The summed E-state index contributed by atoms with van der Waals surface area (Å²) < 4.78 is 5.27. The maximum atomic E-state index is 11.3. The van der Waals surface area contributed by atoms with Crippen LogP contribution < -0.4 is 0 Å². The Bertz CT molecular complexity index is 453. The van der Waals surface area contributed by atoms with E-state index < -0.39 is 5.97 Å². The molecule has 1 aromatic rings. The molecule has 0 bridgehead atoms. The fourth-order valence-corrected chi connectivity index (χ4v) is 3.15.